The second-order valence-electron chi connectivity index (χ2n) is 5.17. The molecule has 1 N–H and O–H groups in total. The minimum Gasteiger partial charge on any atom is -0.384 e. The van der Waals surface area contributed by atoms with Gasteiger partial charge in [0.2, 0.25) is 0 Å². The van der Waals surface area contributed by atoms with Crippen LogP contribution in [0.25, 0.3) is 10.8 Å². The van der Waals surface area contributed by atoms with Crippen molar-refractivity contribution in [3.05, 3.63) is 42.0 Å². The molecule has 0 aromatic heterocycles. The highest BCUT2D eigenvalue weighted by Crippen LogP contribution is 2.26. The van der Waals surface area contributed by atoms with Gasteiger partial charge in [0.25, 0.3) is 0 Å². The van der Waals surface area contributed by atoms with E-state index < -0.39 is 0 Å². The van der Waals surface area contributed by atoms with Crippen molar-refractivity contribution in [3.8, 4) is 6.07 Å². The molecule has 0 aliphatic carbocycles. The number of rotatable bonds is 4. The van der Waals surface area contributed by atoms with Crippen molar-refractivity contribution < 1.29 is 4.74 Å². The van der Waals surface area contributed by atoms with Crippen molar-refractivity contribution >= 4 is 16.5 Å². The van der Waals surface area contributed by atoms with E-state index in [9.17, 15) is 0 Å². The monoisotopic (exact) mass is 266 g/mol. The number of hydrogen-bond donors (Lipinski definition) is 1. The van der Waals surface area contributed by atoms with Crippen LogP contribution in [0.4, 0.5) is 5.69 Å². The van der Waals surface area contributed by atoms with E-state index in [4.69, 9.17) is 10.00 Å². The van der Waals surface area contributed by atoms with E-state index in [2.05, 4.69) is 17.5 Å². The Bertz CT molecular complexity index is 639. The van der Waals surface area contributed by atoms with Gasteiger partial charge in [0, 0.05) is 29.6 Å². The van der Waals surface area contributed by atoms with E-state index in [1.165, 1.54) is 12.8 Å². The third-order valence-corrected chi connectivity index (χ3v) is 3.85. The third-order valence-electron chi connectivity index (χ3n) is 3.85. The second-order valence-corrected chi connectivity index (χ2v) is 5.17. The molecule has 20 heavy (non-hydrogen) atoms. The Hall–Kier alpha value is -2.05. The van der Waals surface area contributed by atoms with Gasteiger partial charge in [-0.2, -0.15) is 5.26 Å². The number of fused-ring (bicyclic) bond motifs is 1. The van der Waals surface area contributed by atoms with Crippen LogP contribution >= 0.6 is 0 Å². The molecule has 102 valence electrons. The fraction of sp³-hybridized carbons (Fsp3) is 0.353. The zero-order valence-corrected chi connectivity index (χ0v) is 11.4. The number of benzene rings is 2. The van der Waals surface area contributed by atoms with E-state index in [1.807, 2.05) is 30.3 Å². The van der Waals surface area contributed by atoms with Crippen molar-refractivity contribution in [3.63, 3.8) is 0 Å². The van der Waals surface area contributed by atoms with Gasteiger partial charge in [0.15, 0.2) is 0 Å². The highest BCUT2D eigenvalue weighted by Gasteiger charge is 2.14. The molecule has 1 heterocycles. The van der Waals surface area contributed by atoms with E-state index in [-0.39, 0.29) is 0 Å². The number of ether oxygens (including phenoxy) is 1. The van der Waals surface area contributed by atoms with Crippen molar-refractivity contribution in [2.75, 3.05) is 18.5 Å². The molecule has 3 nitrogen and oxygen atoms in total. The number of nitriles is 1. The average molecular weight is 266 g/mol. The summed E-state index contributed by atoms with van der Waals surface area (Å²) >= 11 is 0. The first-order valence-corrected chi connectivity index (χ1v) is 7.16. The molecule has 3 heteroatoms. The summed E-state index contributed by atoms with van der Waals surface area (Å²) in [7, 11) is 0. The van der Waals surface area contributed by atoms with Crippen molar-refractivity contribution in [2.24, 2.45) is 0 Å². The highest BCUT2D eigenvalue weighted by molar-refractivity contribution is 5.97. The van der Waals surface area contributed by atoms with Crippen LogP contribution in [0, 0.1) is 11.3 Å². The Morgan fingerprint density at radius 1 is 1.20 bits per heavy atom. The quantitative estimate of drug-likeness (QED) is 0.917. The van der Waals surface area contributed by atoms with Crippen molar-refractivity contribution in [1.82, 2.24) is 0 Å². The molecule has 0 radical (unpaired) electrons. The predicted molar refractivity (Wildman–Crippen MR) is 80.7 cm³/mol. The first-order valence-electron chi connectivity index (χ1n) is 7.16. The molecule has 0 saturated carbocycles. The van der Waals surface area contributed by atoms with Gasteiger partial charge in [-0.3, -0.25) is 0 Å². The van der Waals surface area contributed by atoms with E-state index in [0.717, 1.165) is 41.6 Å². The fourth-order valence-electron chi connectivity index (χ4n) is 2.79. The van der Waals surface area contributed by atoms with E-state index in [0.29, 0.717) is 6.10 Å². The Kier molecular flexibility index (Phi) is 3.85. The van der Waals surface area contributed by atoms with Gasteiger partial charge in [-0.15, -0.1) is 0 Å². The Balaban J connectivity index is 1.76. The maximum atomic E-state index is 9.16. The molecule has 2 aromatic carbocycles. The molecule has 3 rings (SSSR count). The predicted octanol–water partition coefficient (Wildman–Crippen LogP) is 3.69. The molecule has 2 aromatic rings. The van der Waals surface area contributed by atoms with Crippen LogP contribution in [0.1, 0.15) is 24.8 Å². The maximum absolute atomic E-state index is 9.16. The topological polar surface area (TPSA) is 45.0 Å². The second kappa shape index (κ2) is 5.94. The standard InChI is InChI=1S/C17H18N2O/c18-12-13-7-8-17(16-6-2-1-5-15(13)16)19-10-9-14-4-3-11-20-14/h1-2,5-8,14,19H,3-4,9-11H2. The smallest absolute Gasteiger partial charge is 0.0998 e. The van der Waals surface area contributed by atoms with Crippen LogP contribution in [0.5, 0.6) is 0 Å². The molecule has 1 saturated heterocycles. The van der Waals surface area contributed by atoms with Crippen LogP contribution < -0.4 is 5.32 Å². The number of anilines is 1. The van der Waals surface area contributed by atoms with Gasteiger partial charge in [-0.1, -0.05) is 24.3 Å². The van der Waals surface area contributed by atoms with Gasteiger partial charge >= 0.3 is 0 Å². The Labute approximate surface area is 119 Å². The molecule has 0 amide bonds. The zero-order valence-electron chi connectivity index (χ0n) is 11.4. The minimum absolute atomic E-state index is 0.409. The van der Waals surface area contributed by atoms with Gasteiger partial charge in [0.1, 0.15) is 0 Å². The number of nitrogens with one attached hydrogen (secondary N) is 1. The van der Waals surface area contributed by atoms with Gasteiger partial charge < -0.3 is 10.1 Å². The summed E-state index contributed by atoms with van der Waals surface area (Å²) in [6, 6.07) is 14.2. The van der Waals surface area contributed by atoms with Crippen LogP contribution in [0.15, 0.2) is 36.4 Å². The van der Waals surface area contributed by atoms with Crippen molar-refractivity contribution in [1.29, 1.82) is 5.26 Å². The lowest BCUT2D eigenvalue weighted by Crippen LogP contribution is -2.12. The van der Waals surface area contributed by atoms with Gasteiger partial charge in [-0.05, 0) is 31.4 Å². The lowest BCUT2D eigenvalue weighted by Gasteiger charge is -2.13. The normalized spacial score (nSPS) is 18.1. The highest BCUT2D eigenvalue weighted by atomic mass is 16.5. The Morgan fingerprint density at radius 2 is 2.05 bits per heavy atom. The lowest BCUT2D eigenvalue weighted by atomic mass is 10.0. The molecular formula is C17H18N2O. The van der Waals surface area contributed by atoms with Gasteiger partial charge in [0.05, 0.1) is 17.7 Å². The SMILES string of the molecule is N#Cc1ccc(NCCC2CCCO2)c2ccccc12. The largest absolute Gasteiger partial charge is 0.384 e. The summed E-state index contributed by atoms with van der Waals surface area (Å²) in [5.74, 6) is 0. The summed E-state index contributed by atoms with van der Waals surface area (Å²) in [6.45, 7) is 1.81. The summed E-state index contributed by atoms with van der Waals surface area (Å²) in [5.41, 5.74) is 1.82. The summed E-state index contributed by atoms with van der Waals surface area (Å²) in [4.78, 5) is 0. The van der Waals surface area contributed by atoms with Crippen LogP contribution in [-0.4, -0.2) is 19.3 Å². The lowest BCUT2D eigenvalue weighted by molar-refractivity contribution is 0.107. The van der Waals surface area contributed by atoms with E-state index >= 15 is 0 Å². The maximum Gasteiger partial charge on any atom is 0.0998 e. The first-order chi connectivity index (χ1) is 9.88. The molecule has 1 atom stereocenters. The number of hydrogen-bond acceptors (Lipinski definition) is 3. The molecule has 1 aliphatic rings. The molecule has 1 aliphatic heterocycles. The molecule has 1 fully saturated rings. The van der Waals surface area contributed by atoms with Gasteiger partial charge in [-0.25, -0.2) is 0 Å². The van der Waals surface area contributed by atoms with Crippen molar-refractivity contribution in [2.45, 2.75) is 25.4 Å². The van der Waals surface area contributed by atoms with E-state index in [1.54, 1.807) is 0 Å². The summed E-state index contributed by atoms with van der Waals surface area (Å²) < 4.78 is 5.63. The average Bonchev–Trinajstić information content (AvgIpc) is 3.01. The third kappa shape index (κ3) is 2.61. The van der Waals surface area contributed by atoms with Crippen LogP contribution in [-0.2, 0) is 4.74 Å². The Morgan fingerprint density at radius 3 is 2.80 bits per heavy atom. The van der Waals surface area contributed by atoms with Crippen LogP contribution in [0.2, 0.25) is 0 Å². The molecule has 0 spiro atoms. The molecule has 1 unspecified atom stereocenters. The summed E-state index contributed by atoms with van der Waals surface area (Å²) in [6.07, 6.45) is 3.81. The number of nitrogens with zero attached hydrogens (tertiary/aromatic N) is 1. The van der Waals surface area contributed by atoms with Crippen LogP contribution in [0.3, 0.4) is 0 Å². The molecular weight excluding hydrogens is 248 g/mol. The summed E-state index contributed by atoms with van der Waals surface area (Å²) in [5, 5.41) is 14.8. The fourth-order valence-corrected chi connectivity index (χ4v) is 2.79. The molecule has 0 bridgehead atoms. The minimum atomic E-state index is 0.409. The zero-order chi connectivity index (χ0) is 13.8. The first kappa shape index (κ1) is 13.0.